The number of fused-ring (bicyclic) bond motifs is 4. The first-order valence-electron chi connectivity index (χ1n) is 6.56. The van der Waals surface area contributed by atoms with Crippen molar-refractivity contribution in [2.45, 2.75) is 50.5 Å². The molecule has 0 saturated heterocycles. The summed E-state index contributed by atoms with van der Waals surface area (Å²) in [7, 11) is 0. The van der Waals surface area contributed by atoms with Gasteiger partial charge in [0, 0.05) is 11.5 Å². The molecule has 1 heteroatoms. The van der Waals surface area contributed by atoms with Crippen molar-refractivity contribution in [1.82, 2.24) is 0 Å². The van der Waals surface area contributed by atoms with Crippen LogP contribution in [0, 0.1) is 5.92 Å². The van der Waals surface area contributed by atoms with Gasteiger partial charge in [-0.1, -0.05) is 44.0 Å². The van der Waals surface area contributed by atoms with Gasteiger partial charge in [-0.15, -0.1) is 0 Å². The van der Waals surface area contributed by atoms with E-state index in [0.717, 1.165) is 0 Å². The normalized spacial score (nSPS) is 37.6. The minimum absolute atomic E-state index is 0.232. The lowest BCUT2D eigenvalue weighted by molar-refractivity contribution is 0.255. The van der Waals surface area contributed by atoms with E-state index >= 15 is 0 Å². The third-order valence-electron chi connectivity index (χ3n) is 4.88. The molecule has 1 saturated carbocycles. The fraction of sp³-hybridized carbons (Fsp3) is 0.600. The minimum atomic E-state index is 0.232. The molecule has 16 heavy (non-hydrogen) atoms. The molecule has 2 aliphatic carbocycles. The van der Waals surface area contributed by atoms with E-state index in [4.69, 9.17) is 5.73 Å². The molecule has 1 aromatic rings. The summed E-state index contributed by atoms with van der Waals surface area (Å²) < 4.78 is 0. The Hall–Kier alpha value is -0.820. The molecule has 0 spiro atoms. The molecular weight excluding hydrogens is 194 g/mol. The standard InChI is InChI=1S/C15H21N/c1-15-9-5-4-7-12(14(15)16)10-11-6-2-3-8-13(11)15/h2-3,6,8,12,14H,4-5,7,9-10,16H2,1H3/t12?,14-,15+/m0/s1. The molecule has 1 nitrogen and oxygen atoms in total. The van der Waals surface area contributed by atoms with Crippen LogP contribution in [-0.4, -0.2) is 6.04 Å². The van der Waals surface area contributed by atoms with E-state index in [2.05, 4.69) is 31.2 Å². The summed E-state index contributed by atoms with van der Waals surface area (Å²) in [6.07, 6.45) is 6.50. The second-order valence-corrected chi connectivity index (χ2v) is 5.81. The summed E-state index contributed by atoms with van der Waals surface area (Å²) in [5, 5.41) is 0. The number of nitrogens with two attached hydrogens (primary N) is 1. The molecule has 0 heterocycles. The second kappa shape index (κ2) is 3.59. The third kappa shape index (κ3) is 1.34. The smallest absolute Gasteiger partial charge is 0.0165 e. The van der Waals surface area contributed by atoms with Crippen LogP contribution in [-0.2, 0) is 11.8 Å². The van der Waals surface area contributed by atoms with Gasteiger partial charge in [-0.25, -0.2) is 0 Å². The molecule has 3 atom stereocenters. The van der Waals surface area contributed by atoms with Gasteiger partial charge >= 0.3 is 0 Å². The lowest BCUT2D eigenvalue weighted by atomic mass is 9.63. The molecule has 2 bridgehead atoms. The van der Waals surface area contributed by atoms with E-state index in [0.29, 0.717) is 12.0 Å². The zero-order chi connectivity index (χ0) is 11.2. The number of hydrogen-bond donors (Lipinski definition) is 1. The maximum atomic E-state index is 6.53. The predicted octanol–water partition coefficient (Wildman–Crippen LogP) is 3.02. The van der Waals surface area contributed by atoms with Crippen LogP contribution in [0.25, 0.3) is 0 Å². The molecule has 1 aromatic carbocycles. The van der Waals surface area contributed by atoms with Crippen LogP contribution in [0.1, 0.15) is 43.7 Å². The van der Waals surface area contributed by atoms with Crippen LogP contribution in [0.4, 0.5) is 0 Å². The monoisotopic (exact) mass is 215 g/mol. The van der Waals surface area contributed by atoms with Crippen LogP contribution in [0.3, 0.4) is 0 Å². The van der Waals surface area contributed by atoms with Gasteiger partial charge in [0.1, 0.15) is 0 Å². The summed E-state index contributed by atoms with van der Waals surface area (Å²) in [6.45, 7) is 2.38. The molecule has 1 unspecified atom stereocenters. The van der Waals surface area contributed by atoms with Crippen molar-refractivity contribution in [1.29, 1.82) is 0 Å². The highest BCUT2D eigenvalue weighted by molar-refractivity contribution is 5.39. The highest BCUT2D eigenvalue weighted by atomic mass is 14.7. The summed E-state index contributed by atoms with van der Waals surface area (Å²) in [5.74, 6) is 0.711. The predicted molar refractivity (Wildman–Crippen MR) is 67.4 cm³/mol. The van der Waals surface area contributed by atoms with Crippen molar-refractivity contribution < 1.29 is 0 Å². The van der Waals surface area contributed by atoms with Crippen molar-refractivity contribution >= 4 is 0 Å². The Balaban J connectivity index is 2.15. The maximum Gasteiger partial charge on any atom is 0.0165 e. The van der Waals surface area contributed by atoms with Crippen molar-refractivity contribution in [2.75, 3.05) is 0 Å². The van der Waals surface area contributed by atoms with Crippen molar-refractivity contribution in [3.63, 3.8) is 0 Å². The SMILES string of the molecule is C[C@@]12CCCCC(Cc3ccccc31)[C@@H]2N. The molecule has 2 N–H and O–H groups in total. The summed E-state index contributed by atoms with van der Waals surface area (Å²) in [6, 6.07) is 9.31. The lowest BCUT2D eigenvalue weighted by Crippen LogP contribution is -2.51. The molecule has 2 aliphatic rings. The quantitative estimate of drug-likeness (QED) is 0.707. The Morgan fingerprint density at radius 3 is 2.94 bits per heavy atom. The number of benzene rings is 1. The zero-order valence-corrected chi connectivity index (χ0v) is 10.1. The second-order valence-electron chi connectivity index (χ2n) is 5.81. The van der Waals surface area contributed by atoms with Crippen LogP contribution in [0.2, 0.25) is 0 Å². The highest BCUT2D eigenvalue weighted by Gasteiger charge is 2.44. The van der Waals surface area contributed by atoms with Gasteiger partial charge in [0.05, 0.1) is 0 Å². The van der Waals surface area contributed by atoms with Crippen molar-refractivity contribution in [2.24, 2.45) is 11.7 Å². The van der Waals surface area contributed by atoms with Crippen molar-refractivity contribution in [3.05, 3.63) is 35.4 Å². The van der Waals surface area contributed by atoms with Gasteiger partial charge in [-0.3, -0.25) is 0 Å². The number of rotatable bonds is 0. The first-order chi connectivity index (χ1) is 7.72. The van der Waals surface area contributed by atoms with E-state index < -0.39 is 0 Å². The first kappa shape index (κ1) is 10.3. The fourth-order valence-electron chi connectivity index (χ4n) is 3.85. The largest absolute Gasteiger partial charge is 0.327 e. The lowest BCUT2D eigenvalue weighted by Gasteiger charge is -2.44. The van der Waals surface area contributed by atoms with Gasteiger partial charge in [-0.2, -0.15) is 0 Å². The van der Waals surface area contributed by atoms with E-state index in [1.165, 1.54) is 37.7 Å². The van der Waals surface area contributed by atoms with E-state index in [1.54, 1.807) is 5.56 Å². The molecule has 0 radical (unpaired) electrons. The van der Waals surface area contributed by atoms with Gasteiger partial charge in [-0.05, 0) is 36.3 Å². The highest BCUT2D eigenvalue weighted by Crippen LogP contribution is 2.46. The summed E-state index contributed by atoms with van der Waals surface area (Å²) >= 11 is 0. The fourth-order valence-corrected chi connectivity index (χ4v) is 3.85. The Kier molecular flexibility index (Phi) is 2.32. The Morgan fingerprint density at radius 2 is 2.06 bits per heavy atom. The van der Waals surface area contributed by atoms with Crippen molar-refractivity contribution in [3.8, 4) is 0 Å². The molecule has 1 fully saturated rings. The molecule has 3 rings (SSSR count). The van der Waals surface area contributed by atoms with Crippen LogP contribution in [0.5, 0.6) is 0 Å². The summed E-state index contributed by atoms with van der Waals surface area (Å²) in [5.41, 5.74) is 9.85. The zero-order valence-electron chi connectivity index (χ0n) is 10.1. The van der Waals surface area contributed by atoms with E-state index in [1.807, 2.05) is 0 Å². The van der Waals surface area contributed by atoms with Crippen LogP contribution >= 0.6 is 0 Å². The molecular formula is C15H21N. The maximum absolute atomic E-state index is 6.53. The molecule has 0 aromatic heterocycles. The van der Waals surface area contributed by atoms with Gasteiger partial charge in [0.15, 0.2) is 0 Å². The average molecular weight is 215 g/mol. The molecule has 0 amide bonds. The van der Waals surface area contributed by atoms with Gasteiger partial charge in [0.25, 0.3) is 0 Å². The van der Waals surface area contributed by atoms with E-state index in [9.17, 15) is 0 Å². The Labute approximate surface area is 98.0 Å². The van der Waals surface area contributed by atoms with Crippen LogP contribution in [0.15, 0.2) is 24.3 Å². The average Bonchev–Trinajstić information content (AvgIpc) is 2.40. The third-order valence-corrected chi connectivity index (χ3v) is 4.88. The molecule has 86 valence electrons. The Morgan fingerprint density at radius 1 is 1.25 bits per heavy atom. The van der Waals surface area contributed by atoms with E-state index in [-0.39, 0.29) is 5.41 Å². The first-order valence-corrected chi connectivity index (χ1v) is 6.56. The number of hydrogen-bond acceptors (Lipinski definition) is 1. The Bertz CT molecular complexity index is 398. The van der Waals surface area contributed by atoms with Crippen LogP contribution < -0.4 is 5.73 Å². The molecule has 0 aliphatic heterocycles. The van der Waals surface area contributed by atoms with Gasteiger partial charge < -0.3 is 5.73 Å². The summed E-state index contributed by atoms with van der Waals surface area (Å²) in [4.78, 5) is 0. The minimum Gasteiger partial charge on any atom is -0.327 e. The van der Waals surface area contributed by atoms with Gasteiger partial charge in [0.2, 0.25) is 0 Å². The topological polar surface area (TPSA) is 26.0 Å².